The summed E-state index contributed by atoms with van der Waals surface area (Å²) in [6.45, 7) is 3.10. The molecule has 1 aromatic rings. The number of hydrogen-bond donors (Lipinski definition) is 1. The Morgan fingerprint density at radius 3 is 2.73 bits per heavy atom. The number of nitrogens with zero attached hydrogens (tertiary/aromatic N) is 1. The van der Waals surface area contributed by atoms with Gasteiger partial charge in [-0.05, 0) is 31.9 Å². The number of benzene rings is 1. The van der Waals surface area contributed by atoms with Gasteiger partial charge in [0.25, 0.3) is 5.91 Å². The Morgan fingerprint density at radius 1 is 1.40 bits per heavy atom. The van der Waals surface area contributed by atoms with Gasteiger partial charge in [0.2, 0.25) is 0 Å². The molecule has 1 saturated heterocycles. The first-order valence-electron chi connectivity index (χ1n) is 5.40. The maximum atomic E-state index is 11.8. The molecule has 0 bridgehead atoms. The second kappa shape index (κ2) is 4.45. The van der Waals surface area contributed by atoms with Crippen molar-refractivity contribution in [3.8, 4) is 0 Å². The number of rotatable bonds is 2. The van der Waals surface area contributed by atoms with Crippen LogP contribution in [0.15, 0.2) is 30.3 Å². The predicted octanol–water partition coefficient (Wildman–Crippen LogP) is 1.82. The number of hydrazine groups is 1. The quantitative estimate of drug-likeness (QED) is 0.797. The van der Waals surface area contributed by atoms with E-state index in [1.807, 2.05) is 35.3 Å². The minimum atomic E-state index is -0.00986. The highest BCUT2D eigenvalue weighted by molar-refractivity contribution is 5.93. The predicted molar refractivity (Wildman–Crippen MR) is 59.3 cm³/mol. The Hall–Kier alpha value is -1.35. The van der Waals surface area contributed by atoms with E-state index in [-0.39, 0.29) is 5.91 Å². The van der Waals surface area contributed by atoms with Gasteiger partial charge in [0, 0.05) is 18.2 Å². The van der Waals surface area contributed by atoms with Crippen molar-refractivity contribution in [2.45, 2.75) is 25.8 Å². The Balaban J connectivity index is 1.98. The SMILES string of the molecule is C[C@H]1CCCN1NC(=O)c1ccccc1. The molecular formula is C12H16N2O. The third-order valence-electron chi connectivity index (χ3n) is 2.83. The van der Waals surface area contributed by atoms with Crippen molar-refractivity contribution in [1.82, 2.24) is 10.4 Å². The van der Waals surface area contributed by atoms with Crippen molar-refractivity contribution in [2.24, 2.45) is 0 Å². The minimum Gasteiger partial charge on any atom is -0.285 e. The van der Waals surface area contributed by atoms with Gasteiger partial charge in [-0.2, -0.15) is 0 Å². The van der Waals surface area contributed by atoms with Crippen LogP contribution >= 0.6 is 0 Å². The summed E-state index contributed by atoms with van der Waals surface area (Å²) in [4.78, 5) is 11.8. The zero-order valence-corrected chi connectivity index (χ0v) is 8.94. The highest BCUT2D eigenvalue weighted by Gasteiger charge is 2.21. The summed E-state index contributed by atoms with van der Waals surface area (Å²) in [6.07, 6.45) is 2.32. The fourth-order valence-electron chi connectivity index (χ4n) is 1.88. The molecule has 0 radical (unpaired) electrons. The van der Waals surface area contributed by atoms with E-state index < -0.39 is 0 Å². The third-order valence-corrected chi connectivity index (χ3v) is 2.83. The summed E-state index contributed by atoms with van der Waals surface area (Å²) in [7, 11) is 0. The molecule has 80 valence electrons. The van der Waals surface area contributed by atoms with E-state index in [2.05, 4.69) is 12.3 Å². The van der Waals surface area contributed by atoms with Crippen LogP contribution in [0.3, 0.4) is 0 Å². The summed E-state index contributed by atoms with van der Waals surface area (Å²) < 4.78 is 0. The lowest BCUT2D eigenvalue weighted by atomic mass is 10.2. The van der Waals surface area contributed by atoms with Crippen LogP contribution in [0.5, 0.6) is 0 Å². The van der Waals surface area contributed by atoms with E-state index in [4.69, 9.17) is 0 Å². The van der Waals surface area contributed by atoms with Crippen molar-refractivity contribution in [3.63, 3.8) is 0 Å². The molecular weight excluding hydrogens is 188 g/mol. The van der Waals surface area contributed by atoms with Crippen molar-refractivity contribution >= 4 is 5.91 Å². The Morgan fingerprint density at radius 2 is 2.13 bits per heavy atom. The maximum Gasteiger partial charge on any atom is 0.265 e. The minimum absolute atomic E-state index is 0.00986. The molecule has 2 rings (SSSR count). The molecule has 0 spiro atoms. The van der Waals surface area contributed by atoms with E-state index in [9.17, 15) is 4.79 Å². The molecule has 1 N–H and O–H groups in total. The number of nitrogens with one attached hydrogen (secondary N) is 1. The van der Waals surface area contributed by atoms with Crippen LogP contribution in [-0.2, 0) is 0 Å². The van der Waals surface area contributed by atoms with Gasteiger partial charge >= 0.3 is 0 Å². The van der Waals surface area contributed by atoms with E-state index in [1.165, 1.54) is 0 Å². The van der Waals surface area contributed by atoms with E-state index in [0.29, 0.717) is 6.04 Å². The van der Waals surface area contributed by atoms with Gasteiger partial charge in [0.15, 0.2) is 0 Å². The first-order valence-corrected chi connectivity index (χ1v) is 5.40. The first kappa shape index (κ1) is 10.2. The van der Waals surface area contributed by atoms with E-state index in [1.54, 1.807) is 0 Å². The van der Waals surface area contributed by atoms with Gasteiger partial charge in [-0.25, -0.2) is 5.01 Å². The largest absolute Gasteiger partial charge is 0.285 e. The van der Waals surface area contributed by atoms with E-state index in [0.717, 1.165) is 24.9 Å². The fourth-order valence-corrected chi connectivity index (χ4v) is 1.88. The molecule has 1 heterocycles. The molecule has 1 fully saturated rings. The van der Waals surface area contributed by atoms with Gasteiger partial charge in [-0.3, -0.25) is 10.2 Å². The second-order valence-corrected chi connectivity index (χ2v) is 3.99. The lowest BCUT2D eigenvalue weighted by molar-refractivity contribution is 0.0777. The molecule has 1 atom stereocenters. The van der Waals surface area contributed by atoms with Crippen LogP contribution < -0.4 is 5.43 Å². The van der Waals surface area contributed by atoms with Crippen LogP contribution in [0.4, 0.5) is 0 Å². The smallest absolute Gasteiger partial charge is 0.265 e. The van der Waals surface area contributed by atoms with Crippen molar-refractivity contribution in [3.05, 3.63) is 35.9 Å². The lowest BCUT2D eigenvalue weighted by Gasteiger charge is -2.21. The van der Waals surface area contributed by atoms with E-state index >= 15 is 0 Å². The molecule has 0 saturated carbocycles. The summed E-state index contributed by atoms with van der Waals surface area (Å²) in [6, 6.07) is 9.78. The number of carbonyl (C=O) groups is 1. The van der Waals surface area contributed by atoms with Gasteiger partial charge in [-0.1, -0.05) is 18.2 Å². The highest BCUT2D eigenvalue weighted by Crippen LogP contribution is 2.13. The molecule has 0 aliphatic carbocycles. The number of carbonyl (C=O) groups excluding carboxylic acids is 1. The zero-order chi connectivity index (χ0) is 10.7. The number of hydrogen-bond acceptors (Lipinski definition) is 2. The van der Waals surface area contributed by atoms with Gasteiger partial charge < -0.3 is 0 Å². The van der Waals surface area contributed by atoms with Crippen molar-refractivity contribution < 1.29 is 4.79 Å². The summed E-state index contributed by atoms with van der Waals surface area (Å²) in [5, 5.41) is 2.02. The molecule has 15 heavy (non-hydrogen) atoms. The Labute approximate surface area is 90.1 Å². The summed E-state index contributed by atoms with van der Waals surface area (Å²) in [5.74, 6) is -0.00986. The average Bonchev–Trinajstić information content (AvgIpc) is 2.66. The average molecular weight is 204 g/mol. The zero-order valence-electron chi connectivity index (χ0n) is 8.94. The van der Waals surface area contributed by atoms with Gasteiger partial charge in [0.05, 0.1) is 0 Å². The van der Waals surface area contributed by atoms with Gasteiger partial charge in [-0.15, -0.1) is 0 Å². The standard InChI is InChI=1S/C12H16N2O/c1-10-6-5-9-14(10)13-12(15)11-7-3-2-4-8-11/h2-4,7-8,10H,5-6,9H2,1H3,(H,13,15)/t10-/m0/s1. The highest BCUT2D eigenvalue weighted by atomic mass is 16.2. The summed E-state index contributed by atoms with van der Waals surface area (Å²) >= 11 is 0. The van der Waals surface area contributed by atoms with Crippen molar-refractivity contribution in [1.29, 1.82) is 0 Å². The molecule has 3 heteroatoms. The third kappa shape index (κ3) is 2.36. The van der Waals surface area contributed by atoms with Crippen LogP contribution in [-0.4, -0.2) is 23.5 Å². The maximum absolute atomic E-state index is 11.8. The number of amides is 1. The fraction of sp³-hybridized carbons (Fsp3) is 0.417. The molecule has 1 aromatic carbocycles. The first-order chi connectivity index (χ1) is 7.27. The molecule has 3 nitrogen and oxygen atoms in total. The monoisotopic (exact) mass is 204 g/mol. The second-order valence-electron chi connectivity index (χ2n) is 3.99. The van der Waals surface area contributed by atoms with Crippen LogP contribution in [0.25, 0.3) is 0 Å². The normalized spacial score (nSPS) is 21.5. The molecule has 0 unspecified atom stereocenters. The Kier molecular flexibility index (Phi) is 3.02. The Bertz CT molecular complexity index is 337. The van der Waals surface area contributed by atoms with Crippen LogP contribution in [0.2, 0.25) is 0 Å². The molecule has 1 aliphatic heterocycles. The molecule has 1 amide bonds. The lowest BCUT2D eigenvalue weighted by Crippen LogP contribution is -2.43. The van der Waals surface area contributed by atoms with Crippen LogP contribution in [0.1, 0.15) is 30.1 Å². The van der Waals surface area contributed by atoms with Gasteiger partial charge in [0.1, 0.15) is 0 Å². The topological polar surface area (TPSA) is 32.3 Å². The molecule has 0 aromatic heterocycles. The van der Waals surface area contributed by atoms with Crippen LogP contribution in [0, 0.1) is 0 Å². The molecule has 1 aliphatic rings. The summed E-state index contributed by atoms with van der Waals surface area (Å²) in [5.41, 5.74) is 3.66. The van der Waals surface area contributed by atoms with Crippen molar-refractivity contribution in [2.75, 3.05) is 6.54 Å².